The second-order valence-corrected chi connectivity index (χ2v) is 3.31. The molecule has 0 aliphatic rings. The number of rotatable bonds is 5. The van der Waals surface area contributed by atoms with Gasteiger partial charge >= 0.3 is 6.18 Å². The van der Waals surface area contributed by atoms with Gasteiger partial charge in [0.1, 0.15) is 0 Å². The minimum Gasteiger partial charge on any atom is -0.171 e. The Morgan fingerprint density at radius 3 is 2.38 bits per heavy atom. The summed E-state index contributed by atoms with van der Waals surface area (Å²) in [5.74, 6) is 0. The van der Waals surface area contributed by atoms with Crippen molar-refractivity contribution in [2.45, 2.75) is 52.1 Å². The second-order valence-electron chi connectivity index (χ2n) is 3.31. The van der Waals surface area contributed by atoms with Gasteiger partial charge < -0.3 is 0 Å². The molecule has 0 amide bonds. The van der Waals surface area contributed by atoms with Crippen LogP contribution in [0.3, 0.4) is 0 Å². The van der Waals surface area contributed by atoms with Crippen LogP contribution in [0.15, 0.2) is 11.6 Å². The highest BCUT2D eigenvalue weighted by Gasteiger charge is 2.25. The predicted molar refractivity (Wildman–Crippen MR) is 48.6 cm³/mol. The molecule has 0 aromatic carbocycles. The summed E-state index contributed by atoms with van der Waals surface area (Å²) in [7, 11) is 0. The summed E-state index contributed by atoms with van der Waals surface area (Å²) in [4.78, 5) is 0. The molecule has 0 N–H and O–H groups in total. The van der Waals surface area contributed by atoms with Crippen molar-refractivity contribution in [2.24, 2.45) is 0 Å². The highest BCUT2D eigenvalue weighted by Crippen LogP contribution is 2.22. The van der Waals surface area contributed by atoms with Gasteiger partial charge in [-0.25, -0.2) is 0 Å². The van der Waals surface area contributed by atoms with E-state index >= 15 is 0 Å². The molecule has 0 aliphatic carbocycles. The fourth-order valence-electron chi connectivity index (χ4n) is 1.15. The van der Waals surface area contributed by atoms with Gasteiger partial charge in [0.15, 0.2) is 0 Å². The zero-order valence-corrected chi connectivity index (χ0v) is 8.25. The Bertz CT molecular complexity index is 156. The van der Waals surface area contributed by atoms with Crippen LogP contribution in [-0.2, 0) is 0 Å². The quantitative estimate of drug-likeness (QED) is 0.447. The first-order valence-electron chi connectivity index (χ1n) is 4.68. The van der Waals surface area contributed by atoms with E-state index in [1.165, 1.54) is 5.57 Å². The zero-order valence-electron chi connectivity index (χ0n) is 8.25. The minimum absolute atomic E-state index is 0.213. The summed E-state index contributed by atoms with van der Waals surface area (Å²) in [5.41, 5.74) is 1.20. The smallest absolute Gasteiger partial charge is 0.171 e. The lowest BCUT2D eigenvalue weighted by Gasteiger charge is -2.04. The molecule has 0 nitrogen and oxygen atoms in total. The maximum Gasteiger partial charge on any atom is 0.389 e. The number of hydrogen-bond donors (Lipinski definition) is 0. The van der Waals surface area contributed by atoms with Gasteiger partial charge in [0, 0.05) is 6.42 Å². The fourth-order valence-corrected chi connectivity index (χ4v) is 1.15. The maximum absolute atomic E-state index is 11.7. The third-order valence-electron chi connectivity index (χ3n) is 1.80. The fraction of sp³-hybridized carbons (Fsp3) is 0.800. The summed E-state index contributed by atoms with van der Waals surface area (Å²) >= 11 is 0. The van der Waals surface area contributed by atoms with Crippen LogP contribution in [0.2, 0.25) is 0 Å². The van der Waals surface area contributed by atoms with Crippen molar-refractivity contribution < 1.29 is 13.2 Å². The summed E-state index contributed by atoms with van der Waals surface area (Å²) in [6.45, 7) is 4.03. The van der Waals surface area contributed by atoms with Gasteiger partial charge in [0.2, 0.25) is 0 Å². The van der Waals surface area contributed by atoms with Crippen LogP contribution >= 0.6 is 0 Å². The molecule has 0 aliphatic heterocycles. The number of halogens is 3. The highest BCUT2D eigenvalue weighted by molar-refractivity contribution is 4.97. The summed E-state index contributed by atoms with van der Waals surface area (Å²) in [6, 6.07) is 0. The lowest BCUT2D eigenvalue weighted by molar-refractivity contribution is -0.135. The van der Waals surface area contributed by atoms with Gasteiger partial charge in [-0.05, 0) is 26.2 Å². The Hall–Kier alpha value is -0.470. The minimum atomic E-state index is -3.99. The third kappa shape index (κ3) is 9.44. The standard InChI is InChI=1S/C10H17F3/c1-3-6-9(2)7-4-5-8-10(11,12)13/h7H,3-6,8H2,1-2H3. The topological polar surface area (TPSA) is 0 Å². The van der Waals surface area contributed by atoms with Gasteiger partial charge in [-0.15, -0.1) is 0 Å². The van der Waals surface area contributed by atoms with E-state index in [-0.39, 0.29) is 6.42 Å². The van der Waals surface area contributed by atoms with E-state index in [0.29, 0.717) is 6.42 Å². The van der Waals surface area contributed by atoms with Gasteiger partial charge in [0.05, 0.1) is 0 Å². The van der Waals surface area contributed by atoms with E-state index in [1.54, 1.807) is 0 Å². The SMILES string of the molecule is CCCC(C)=CCCCC(F)(F)F. The number of allylic oxidation sites excluding steroid dienone is 2. The van der Waals surface area contributed by atoms with Gasteiger partial charge in [-0.3, -0.25) is 0 Å². The molecular formula is C10H17F3. The molecule has 3 heteroatoms. The molecule has 0 saturated heterocycles. The summed E-state index contributed by atoms with van der Waals surface area (Å²) in [6.07, 6.45) is 0.0637. The molecule has 0 saturated carbocycles. The summed E-state index contributed by atoms with van der Waals surface area (Å²) in [5, 5.41) is 0. The first-order chi connectivity index (χ1) is 5.95. The van der Waals surface area contributed by atoms with Crippen LogP contribution < -0.4 is 0 Å². The van der Waals surface area contributed by atoms with Crippen molar-refractivity contribution in [3.8, 4) is 0 Å². The van der Waals surface area contributed by atoms with Crippen molar-refractivity contribution in [1.29, 1.82) is 0 Å². The molecular weight excluding hydrogens is 177 g/mol. The van der Waals surface area contributed by atoms with Crippen molar-refractivity contribution in [1.82, 2.24) is 0 Å². The predicted octanol–water partition coefficient (Wildman–Crippen LogP) is 4.47. The van der Waals surface area contributed by atoms with Crippen LogP contribution in [0.5, 0.6) is 0 Å². The van der Waals surface area contributed by atoms with E-state index in [9.17, 15) is 13.2 Å². The first-order valence-corrected chi connectivity index (χ1v) is 4.68. The Balaban J connectivity index is 3.50. The lowest BCUT2D eigenvalue weighted by Crippen LogP contribution is -2.05. The van der Waals surface area contributed by atoms with E-state index in [0.717, 1.165) is 12.8 Å². The molecule has 0 fully saturated rings. The van der Waals surface area contributed by atoms with Gasteiger partial charge in [0.25, 0.3) is 0 Å². The normalized spacial score (nSPS) is 13.5. The number of unbranched alkanes of at least 4 members (excludes halogenated alkanes) is 1. The molecule has 0 aromatic heterocycles. The molecule has 0 unspecified atom stereocenters. The largest absolute Gasteiger partial charge is 0.389 e. The van der Waals surface area contributed by atoms with Crippen molar-refractivity contribution in [3.63, 3.8) is 0 Å². The summed E-state index contributed by atoms with van der Waals surface area (Å²) < 4.78 is 35.1. The van der Waals surface area contributed by atoms with Crippen molar-refractivity contribution in [2.75, 3.05) is 0 Å². The average Bonchev–Trinajstić information content (AvgIpc) is 1.97. The van der Waals surface area contributed by atoms with E-state index in [1.807, 2.05) is 13.0 Å². The zero-order chi connectivity index (χ0) is 10.3. The van der Waals surface area contributed by atoms with Crippen molar-refractivity contribution >= 4 is 0 Å². The Labute approximate surface area is 77.8 Å². The van der Waals surface area contributed by atoms with Crippen LogP contribution in [0, 0.1) is 0 Å². The van der Waals surface area contributed by atoms with E-state index in [2.05, 4.69) is 6.92 Å². The first kappa shape index (κ1) is 12.5. The Morgan fingerprint density at radius 2 is 1.92 bits per heavy atom. The second kappa shape index (κ2) is 6.06. The molecule has 13 heavy (non-hydrogen) atoms. The highest BCUT2D eigenvalue weighted by atomic mass is 19.4. The molecule has 0 bridgehead atoms. The van der Waals surface area contributed by atoms with Gasteiger partial charge in [-0.2, -0.15) is 13.2 Å². The Morgan fingerprint density at radius 1 is 1.31 bits per heavy atom. The molecule has 0 heterocycles. The van der Waals surface area contributed by atoms with Crippen LogP contribution in [-0.4, -0.2) is 6.18 Å². The van der Waals surface area contributed by atoms with Gasteiger partial charge in [-0.1, -0.05) is 25.0 Å². The average molecular weight is 194 g/mol. The molecule has 0 aromatic rings. The van der Waals surface area contributed by atoms with Crippen LogP contribution in [0.1, 0.15) is 46.0 Å². The van der Waals surface area contributed by atoms with Crippen LogP contribution in [0.25, 0.3) is 0 Å². The van der Waals surface area contributed by atoms with E-state index < -0.39 is 12.6 Å². The third-order valence-corrected chi connectivity index (χ3v) is 1.80. The van der Waals surface area contributed by atoms with Crippen molar-refractivity contribution in [3.05, 3.63) is 11.6 Å². The molecule has 0 atom stereocenters. The lowest BCUT2D eigenvalue weighted by atomic mass is 10.1. The monoisotopic (exact) mass is 194 g/mol. The number of hydrogen-bond acceptors (Lipinski definition) is 0. The molecule has 0 radical (unpaired) electrons. The molecule has 0 spiro atoms. The van der Waals surface area contributed by atoms with Crippen LogP contribution in [0.4, 0.5) is 13.2 Å². The molecule has 78 valence electrons. The Kier molecular flexibility index (Phi) is 5.84. The molecule has 0 rings (SSSR count). The maximum atomic E-state index is 11.7. The number of alkyl halides is 3. The van der Waals surface area contributed by atoms with E-state index in [4.69, 9.17) is 0 Å².